The number of nitriles is 2. The summed E-state index contributed by atoms with van der Waals surface area (Å²) in [6.45, 7) is 6.80. The average Bonchev–Trinajstić information content (AvgIpc) is 2.71. The van der Waals surface area contributed by atoms with Gasteiger partial charge in [0.15, 0.2) is 6.19 Å². The normalized spacial score (nSPS) is 11.4. The minimum absolute atomic E-state index is 0.0998. The minimum Gasteiger partial charge on any atom is -0.306 e. The van der Waals surface area contributed by atoms with Crippen LogP contribution < -0.4 is 10.6 Å². The predicted molar refractivity (Wildman–Crippen MR) is 125 cm³/mol. The molecule has 1 atom stereocenters. The zero-order valence-corrected chi connectivity index (χ0v) is 19.1. The van der Waals surface area contributed by atoms with Crippen LogP contribution in [0.3, 0.4) is 0 Å². The van der Waals surface area contributed by atoms with Crippen molar-refractivity contribution in [1.82, 2.24) is 5.32 Å². The third kappa shape index (κ3) is 7.72. The van der Waals surface area contributed by atoms with E-state index in [4.69, 9.17) is 16.9 Å². The molecule has 0 radical (unpaired) electrons. The Bertz CT molecular complexity index is 1000. The second-order valence-electron chi connectivity index (χ2n) is 8.05. The Kier molecular flexibility index (Phi) is 9.53. The summed E-state index contributed by atoms with van der Waals surface area (Å²) in [5.41, 5.74) is 5.67. The van der Waals surface area contributed by atoms with Gasteiger partial charge in [0.2, 0.25) is 0 Å². The number of anilines is 1. The van der Waals surface area contributed by atoms with Crippen molar-refractivity contribution in [2.45, 2.75) is 53.0 Å². The molecule has 6 heteroatoms. The zero-order valence-electron chi connectivity index (χ0n) is 18.4. The molecule has 2 rings (SSSR count). The van der Waals surface area contributed by atoms with Gasteiger partial charge in [-0.3, -0.25) is 10.1 Å². The smallest absolute Gasteiger partial charge is 0.181 e. The van der Waals surface area contributed by atoms with Gasteiger partial charge in [-0.05, 0) is 78.6 Å². The summed E-state index contributed by atoms with van der Waals surface area (Å²) in [5, 5.41) is 24.8. The topological polar surface area (TPSA) is 88.7 Å². The van der Waals surface area contributed by atoms with Crippen LogP contribution in [0.1, 0.15) is 55.0 Å². The standard InChI is InChI=1S/C25H29ClN4O/c1-4-5-21-11-22(23(12-25(21)26)15-29-14-18(3)31)7-17(2)6-19-8-20(13-27)10-24(9-19)30-16-28/h8-12,17,29-30H,4-7,14-15H2,1-3H3. The van der Waals surface area contributed by atoms with Gasteiger partial charge in [0, 0.05) is 17.3 Å². The van der Waals surface area contributed by atoms with Gasteiger partial charge in [0.1, 0.15) is 5.78 Å². The maximum absolute atomic E-state index is 11.3. The van der Waals surface area contributed by atoms with Gasteiger partial charge in [0.05, 0.1) is 18.2 Å². The molecule has 2 aromatic carbocycles. The Morgan fingerprint density at radius 3 is 2.52 bits per heavy atom. The molecule has 162 valence electrons. The van der Waals surface area contributed by atoms with Crippen molar-refractivity contribution in [3.05, 3.63) is 63.2 Å². The fourth-order valence-corrected chi connectivity index (χ4v) is 4.04. The number of benzene rings is 2. The van der Waals surface area contributed by atoms with E-state index in [1.807, 2.05) is 24.4 Å². The van der Waals surface area contributed by atoms with Gasteiger partial charge in [-0.25, -0.2) is 0 Å². The van der Waals surface area contributed by atoms with Crippen LogP contribution in [0.15, 0.2) is 30.3 Å². The van der Waals surface area contributed by atoms with Crippen molar-refractivity contribution in [2.75, 3.05) is 11.9 Å². The van der Waals surface area contributed by atoms with Crippen LogP contribution in [0.5, 0.6) is 0 Å². The van der Waals surface area contributed by atoms with Crippen LogP contribution in [-0.4, -0.2) is 12.3 Å². The lowest BCUT2D eigenvalue weighted by Gasteiger charge is -2.18. The van der Waals surface area contributed by atoms with Crippen molar-refractivity contribution in [2.24, 2.45) is 5.92 Å². The van der Waals surface area contributed by atoms with E-state index in [9.17, 15) is 10.1 Å². The third-order valence-electron chi connectivity index (χ3n) is 5.05. The van der Waals surface area contributed by atoms with Crippen molar-refractivity contribution >= 4 is 23.1 Å². The minimum atomic E-state index is 0.0998. The molecule has 0 aliphatic rings. The van der Waals surface area contributed by atoms with E-state index in [1.165, 1.54) is 5.56 Å². The average molecular weight is 437 g/mol. The number of hydrogen-bond donors (Lipinski definition) is 2. The Hall–Kier alpha value is -2.86. The Morgan fingerprint density at radius 1 is 1.10 bits per heavy atom. The molecule has 5 nitrogen and oxygen atoms in total. The molecule has 0 heterocycles. The fraction of sp³-hybridized carbons (Fsp3) is 0.400. The third-order valence-corrected chi connectivity index (χ3v) is 5.40. The van der Waals surface area contributed by atoms with Gasteiger partial charge in [-0.2, -0.15) is 10.5 Å². The van der Waals surface area contributed by atoms with Crippen molar-refractivity contribution in [3.63, 3.8) is 0 Å². The van der Waals surface area contributed by atoms with Crippen molar-refractivity contribution < 1.29 is 4.79 Å². The van der Waals surface area contributed by atoms with Gasteiger partial charge in [0.25, 0.3) is 0 Å². The lowest BCUT2D eigenvalue weighted by atomic mass is 9.89. The molecule has 0 saturated carbocycles. The van der Waals surface area contributed by atoms with Crippen LogP contribution in [0.25, 0.3) is 0 Å². The highest BCUT2D eigenvalue weighted by Crippen LogP contribution is 2.27. The molecule has 0 aromatic heterocycles. The highest BCUT2D eigenvalue weighted by atomic mass is 35.5. The number of carbonyl (C=O) groups excluding carboxylic acids is 1. The molecule has 0 fully saturated rings. The first-order valence-electron chi connectivity index (χ1n) is 10.6. The quantitative estimate of drug-likeness (QED) is 0.375. The highest BCUT2D eigenvalue weighted by molar-refractivity contribution is 6.31. The van der Waals surface area contributed by atoms with Crippen LogP contribution in [0, 0.1) is 28.7 Å². The molecule has 0 saturated heterocycles. The van der Waals surface area contributed by atoms with Crippen LogP contribution >= 0.6 is 11.6 Å². The molecule has 31 heavy (non-hydrogen) atoms. The molecule has 0 bridgehead atoms. The number of Topliss-reactive ketones (excluding diaryl/α,β-unsaturated/α-hetero) is 1. The Labute approximate surface area is 190 Å². The predicted octanol–water partition coefficient (Wildman–Crippen LogP) is 5.16. The number of carbonyl (C=O) groups is 1. The molecular formula is C25H29ClN4O. The summed E-state index contributed by atoms with van der Waals surface area (Å²) in [4.78, 5) is 11.3. The van der Waals surface area contributed by atoms with E-state index in [2.05, 4.69) is 36.6 Å². The maximum Gasteiger partial charge on any atom is 0.181 e. The first-order valence-corrected chi connectivity index (χ1v) is 10.9. The van der Waals surface area contributed by atoms with Crippen molar-refractivity contribution in [3.8, 4) is 12.3 Å². The second-order valence-corrected chi connectivity index (χ2v) is 8.46. The summed E-state index contributed by atoms with van der Waals surface area (Å²) in [7, 11) is 0. The number of nitrogens with one attached hydrogen (secondary N) is 2. The summed E-state index contributed by atoms with van der Waals surface area (Å²) >= 11 is 6.51. The molecule has 0 amide bonds. The molecule has 1 unspecified atom stereocenters. The van der Waals surface area contributed by atoms with Gasteiger partial charge < -0.3 is 5.32 Å². The number of halogens is 1. The monoisotopic (exact) mass is 436 g/mol. The number of nitrogens with zero attached hydrogens (tertiary/aromatic N) is 2. The summed E-state index contributed by atoms with van der Waals surface area (Å²) in [5.74, 6) is 0.411. The molecule has 2 aromatic rings. The van der Waals surface area contributed by atoms with Crippen LogP contribution in [-0.2, 0) is 30.6 Å². The molecular weight excluding hydrogens is 408 g/mol. The van der Waals surface area contributed by atoms with E-state index >= 15 is 0 Å². The van der Waals surface area contributed by atoms with Crippen LogP contribution in [0.2, 0.25) is 5.02 Å². The number of hydrogen-bond acceptors (Lipinski definition) is 5. The molecule has 2 N–H and O–H groups in total. The van der Waals surface area contributed by atoms with Crippen molar-refractivity contribution in [1.29, 1.82) is 10.5 Å². The first kappa shape index (κ1) is 24.4. The number of aryl methyl sites for hydroxylation is 1. The lowest BCUT2D eigenvalue weighted by molar-refractivity contribution is -0.116. The zero-order chi connectivity index (χ0) is 22.8. The Balaban J connectivity index is 2.23. The molecule has 0 aliphatic heterocycles. The largest absolute Gasteiger partial charge is 0.306 e. The molecule has 0 spiro atoms. The van der Waals surface area contributed by atoms with Gasteiger partial charge >= 0.3 is 0 Å². The summed E-state index contributed by atoms with van der Waals surface area (Å²) < 4.78 is 0. The summed E-state index contributed by atoms with van der Waals surface area (Å²) in [6, 6.07) is 11.8. The van der Waals surface area contributed by atoms with E-state index in [0.29, 0.717) is 30.3 Å². The van der Waals surface area contributed by atoms with Gasteiger partial charge in [-0.15, -0.1) is 0 Å². The van der Waals surface area contributed by atoms with Gasteiger partial charge in [-0.1, -0.05) is 37.9 Å². The van der Waals surface area contributed by atoms with Crippen LogP contribution in [0.4, 0.5) is 5.69 Å². The first-order chi connectivity index (χ1) is 14.9. The van der Waals surface area contributed by atoms with E-state index in [0.717, 1.165) is 47.4 Å². The lowest BCUT2D eigenvalue weighted by Crippen LogP contribution is -2.21. The number of ketones is 1. The van der Waals surface area contributed by atoms with E-state index in [-0.39, 0.29) is 5.78 Å². The fourth-order valence-electron chi connectivity index (χ4n) is 3.76. The summed E-state index contributed by atoms with van der Waals surface area (Å²) in [6.07, 6.45) is 5.49. The van der Waals surface area contributed by atoms with E-state index in [1.54, 1.807) is 13.0 Å². The Morgan fingerprint density at radius 2 is 1.87 bits per heavy atom. The van der Waals surface area contributed by atoms with E-state index < -0.39 is 0 Å². The SMILES string of the molecule is CCCc1cc(CC(C)Cc2cc(C#N)cc(NC#N)c2)c(CNCC(C)=O)cc1Cl. The molecule has 0 aliphatic carbocycles. The number of rotatable bonds is 11. The highest BCUT2D eigenvalue weighted by Gasteiger charge is 2.14. The maximum atomic E-state index is 11.3. The second kappa shape index (κ2) is 12.1.